The summed E-state index contributed by atoms with van der Waals surface area (Å²) >= 11 is 1.64. The Morgan fingerprint density at radius 2 is 1.92 bits per heavy atom. The average Bonchev–Trinajstić information content (AvgIpc) is 2.58. The fourth-order valence-corrected chi connectivity index (χ4v) is 3.18. The van der Waals surface area contributed by atoms with Gasteiger partial charge in [-0.3, -0.25) is 4.79 Å². The van der Waals surface area contributed by atoms with Crippen LogP contribution in [0.4, 0.5) is 0 Å². The van der Waals surface area contributed by atoms with Crippen LogP contribution in [-0.2, 0) is 10.5 Å². The largest absolute Gasteiger partial charge is 0.491 e. The Bertz CT molecular complexity index is 658. The molecule has 0 saturated heterocycles. The zero-order valence-electron chi connectivity index (χ0n) is 14.5. The second-order valence-electron chi connectivity index (χ2n) is 5.85. The first kappa shape index (κ1) is 18.4. The molecular weight excluding hydrogens is 318 g/mol. The third-order valence-corrected chi connectivity index (χ3v) is 4.92. The van der Waals surface area contributed by atoms with E-state index in [1.54, 1.807) is 11.8 Å². The third kappa shape index (κ3) is 5.93. The number of thioether (sulfide) groups is 1. The second-order valence-corrected chi connectivity index (χ2v) is 7.18. The van der Waals surface area contributed by atoms with Gasteiger partial charge in [-0.05, 0) is 38.0 Å². The monoisotopic (exact) mass is 343 g/mol. The summed E-state index contributed by atoms with van der Waals surface area (Å²) in [5, 5.41) is 2.86. The number of carbonyl (C=O) groups is 1. The zero-order valence-corrected chi connectivity index (χ0v) is 15.4. The highest BCUT2D eigenvalue weighted by atomic mass is 32.2. The molecule has 0 radical (unpaired) electrons. The Balaban J connectivity index is 1.67. The van der Waals surface area contributed by atoms with Gasteiger partial charge in [0.2, 0.25) is 5.91 Å². The van der Waals surface area contributed by atoms with Gasteiger partial charge in [0.25, 0.3) is 0 Å². The van der Waals surface area contributed by atoms with Gasteiger partial charge in [-0.15, -0.1) is 11.8 Å². The standard InChI is InChI=1S/C20H25NO2S/c1-15-9-10-19(16(2)13-15)23-12-11-21-20(22)17(3)24-14-18-7-5-4-6-8-18/h4-10,13,17H,11-12,14H2,1-3H3,(H,21,22). The lowest BCUT2D eigenvalue weighted by Gasteiger charge is -2.13. The molecule has 3 nitrogen and oxygen atoms in total. The second kappa shape index (κ2) is 9.38. The molecule has 2 aromatic rings. The molecule has 0 spiro atoms. The summed E-state index contributed by atoms with van der Waals surface area (Å²) in [5.74, 6) is 1.77. The predicted octanol–water partition coefficient (Wildman–Crippen LogP) is 4.12. The maximum absolute atomic E-state index is 12.1. The Morgan fingerprint density at radius 1 is 1.17 bits per heavy atom. The molecule has 0 fully saturated rings. The SMILES string of the molecule is Cc1ccc(OCCNC(=O)C(C)SCc2ccccc2)c(C)c1. The summed E-state index contributed by atoms with van der Waals surface area (Å²) in [6, 6.07) is 16.3. The molecule has 24 heavy (non-hydrogen) atoms. The predicted molar refractivity (Wildman–Crippen MR) is 102 cm³/mol. The highest BCUT2D eigenvalue weighted by molar-refractivity contribution is 7.99. The first-order chi connectivity index (χ1) is 11.6. The number of hydrogen-bond donors (Lipinski definition) is 1. The van der Waals surface area contributed by atoms with E-state index >= 15 is 0 Å². The molecule has 1 atom stereocenters. The van der Waals surface area contributed by atoms with Crippen molar-refractivity contribution < 1.29 is 9.53 Å². The van der Waals surface area contributed by atoms with E-state index in [-0.39, 0.29) is 11.2 Å². The Morgan fingerprint density at radius 3 is 2.62 bits per heavy atom. The fraction of sp³-hybridized carbons (Fsp3) is 0.350. The molecule has 0 saturated carbocycles. The molecule has 0 heterocycles. The summed E-state index contributed by atoms with van der Waals surface area (Å²) in [6.07, 6.45) is 0. The van der Waals surface area contributed by atoms with E-state index in [0.29, 0.717) is 13.2 Å². The van der Waals surface area contributed by atoms with E-state index in [0.717, 1.165) is 17.1 Å². The van der Waals surface area contributed by atoms with Gasteiger partial charge in [0, 0.05) is 5.75 Å². The van der Waals surface area contributed by atoms with Crippen LogP contribution in [0.2, 0.25) is 0 Å². The third-order valence-electron chi connectivity index (χ3n) is 3.70. The van der Waals surface area contributed by atoms with Gasteiger partial charge in [0.05, 0.1) is 11.8 Å². The normalized spacial score (nSPS) is 11.8. The summed E-state index contributed by atoms with van der Waals surface area (Å²) in [6.45, 7) is 7.02. The van der Waals surface area contributed by atoms with Crippen LogP contribution >= 0.6 is 11.8 Å². The smallest absolute Gasteiger partial charge is 0.232 e. The number of carbonyl (C=O) groups excluding carboxylic acids is 1. The number of ether oxygens (including phenoxy) is 1. The van der Waals surface area contributed by atoms with Crippen LogP contribution in [0.1, 0.15) is 23.6 Å². The maximum atomic E-state index is 12.1. The molecule has 0 aliphatic rings. The molecule has 0 bridgehead atoms. The maximum Gasteiger partial charge on any atom is 0.232 e. The minimum Gasteiger partial charge on any atom is -0.491 e. The molecule has 0 aromatic heterocycles. The number of amides is 1. The minimum atomic E-state index is -0.0775. The van der Waals surface area contributed by atoms with Crippen LogP contribution < -0.4 is 10.1 Å². The number of nitrogens with one attached hydrogen (secondary N) is 1. The van der Waals surface area contributed by atoms with Gasteiger partial charge in [0.1, 0.15) is 12.4 Å². The number of hydrogen-bond acceptors (Lipinski definition) is 3. The molecule has 1 unspecified atom stereocenters. The van der Waals surface area contributed by atoms with Crippen molar-refractivity contribution in [3.8, 4) is 5.75 Å². The lowest BCUT2D eigenvalue weighted by atomic mass is 10.1. The highest BCUT2D eigenvalue weighted by Crippen LogP contribution is 2.19. The Kier molecular flexibility index (Phi) is 7.19. The van der Waals surface area contributed by atoms with Crippen molar-refractivity contribution in [2.75, 3.05) is 13.2 Å². The van der Waals surface area contributed by atoms with Crippen molar-refractivity contribution in [2.24, 2.45) is 0 Å². The average molecular weight is 343 g/mol. The quantitative estimate of drug-likeness (QED) is 0.733. The van der Waals surface area contributed by atoms with Crippen molar-refractivity contribution in [1.82, 2.24) is 5.32 Å². The van der Waals surface area contributed by atoms with Gasteiger partial charge in [0.15, 0.2) is 0 Å². The highest BCUT2D eigenvalue weighted by Gasteiger charge is 2.12. The summed E-state index contributed by atoms with van der Waals surface area (Å²) in [7, 11) is 0. The van der Waals surface area contributed by atoms with Crippen LogP contribution in [0, 0.1) is 13.8 Å². The van der Waals surface area contributed by atoms with Gasteiger partial charge in [-0.2, -0.15) is 0 Å². The first-order valence-corrected chi connectivity index (χ1v) is 9.24. The van der Waals surface area contributed by atoms with E-state index in [9.17, 15) is 4.79 Å². The van der Waals surface area contributed by atoms with Crippen molar-refractivity contribution in [3.05, 3.63) is 65.2 Å². The van der Waals surface area contributed by atoms with E-state index in [1.807, 2.05) is 44.2 Å². The summed E-state index contributed by atoms with van der Waals surface area (Å²) in [5.41, 5.74) is 3.57. The molecule has 2 aromatic carbocycles. The van der Waals surface area contributed by atoms with Crippen LogP contribution in [0.15, 0.2) is 48.5 Å². The minimum absolute atomic E-state index is 0.0557. The molecule has 4 heteroatoms. The first-order valence-electron chi connectivity index (χ1n) is 8.19. The molecule has 0 aliphatic carbocycles. The van der Waals surface area contributed by atoms with Crippen molar-refractivity contribution in [1.29, 1.82) is 0 Å². The van der Waals surface area contributed by atoms with Gasteiger partial charge in [-0.25, -0.2) is 0 Å². The zero-order chi connectivity index (χ0) is 17.4. The topological polar surface area (TPSA) is 38.3 Å². The lowest BCUT2D eigenvalue weighted by molar-refractivity contribution is -0.120. The van der Waals surface area contributed by atoms with E-state index < -0.39 is 0 Å². The lowest BCUT2D eigenvalue weighted by Crippen LogP contribution is -2.34. The van der Waals surface area contributed by atoms with Crippen molar-refractivity contribution in [2.45, 2.75) is 31.8 Å². The van der Waals surface area contributed by atoms with Crippen molar-refractivity contribution >= 4 is 17.7 Å². The van der Waals surface area contributed by atoms with Crippen LogP contribution in [0.3, 0.4) is 0 Å². The van der Waals surface area contributed by atoms with Crippen LogP contribution in [0.5, 0.6) is 5.75 Å². The van der Waals surface area contributed by atoms with Gasteiger partial charge in [-0.1, -0.05) is 48.0 Å². The summed E-state index contributed by atoms with van der Waals surface area (Å²) in [4.78, 5) is 12.1. The molecule has 1 amide bonds. The van der Waals surface area contributed by atoms with E-state index in [1.165, 1.54) is 11.1 Å². The Labute approximate surface area is 148 Å². The fourth-order valence-electron chi connectivity index (χ4n) is 2.31. The van der Waals surface area contributed by atoms with E-state index in [2.05, 4.69) is 30.4 Å². The molecule has 1 N–H and O–H groups in total. The van der Waals surface area contributed by atoms with Crippen LogP contribution in [-0.4, -0.2) is 24.3 Å². The molecular formula is C20H25NO2S. The summed E-state index contributed by atoms with van der Waals surface area (Å²) < 4.78 is 5.73. The van der Waals surface area contributed by atoms with Crippen molar-refractivity contribution in [3.63, 3.8) is 0 Å². The van der Waals surface area contributed by atoms with Crippen LogP contribution in [0.25, 0.3) is 0 Å². The molecule has 0 aliphatic heterocycles. The Hall–Kier alpha value is -1.94. The number of benzene rings is 2. The van der Waals surface area contributed by atoms with E-state index in [4.69, 9.17) is 4.74 Å². The van der Waals surface area contributed by atoms with Gasteiger partial charge < -0.3 is 10.1 Å². The molecule has 2 rings (SSSR count). The van der Waals surface area contributed by atoms with Gasteiger partial charge >= 0.3 is 0 Å². The number of rotatable bonds is 8. The number of aryl methyl sites for hydroxylation is 2. The molecule has 128 valence electrons.